The van der Waals surface area contributed by atoms with Crippen molar-refractivity contribution >= 4 is 33.8 Å². The van der Waals surface area contributed by atoms with Crippen molar-refractivity contribution in [2.45, 2.75) is 44.9 Å². The minimum atomic E-state index is 0.647. The Hall–Kier alpha value is -0.740. The first-order valence-electron chi connectivity index (χ1n) is 6.77. The highest BCUT2D eigenvalue weighted by atomic mass is 32.1. The fourth-order valence-electron chi connectivity index (χ4n) is 2.92. The Morgan fingerprint density at radius 1 is 1.33 bits per heavy atom. The van der Waals surface area contributed by atoms with Gasteiger partial charge in [0.2, 0.25) is 0 Å². The van der Waals surface area contributed by atoms with E-state index in [1.807, 2.05) is 11.3 Å². The van der Waals surface area contributed by atoms with Crippen LogP contribution in [0.15, 0.2) is 0 Å². The molecule has 0 aliphatic heterocycles. The van der Waals surface area contributed by atoms with Crippen LogP contribution in [0.1, 0.15) is 48.4 Å². The van der Waals surface area contributed by atoms with Gasteiger partial charge in [0.25, 0.3) is 0 Å². The average Bonchev–Trinajstić information content (AvgIpc) is 3.10. The minimum absolute atomic E-state index is 0.647. The van der Waals surface area contributed by atoms with E-state index in [9.17, 15) is 0 Å². The lowest BCUT2D eigenvalue weighted by Gasteiger charge is -2.17. The minimum Gasteiger partial charge on any atom is -0.334 e. The standard InChI is InChI=1S/C14H16N2S2/c1-7-2-5-9-10(6-7)18-14-11(9)13(17)15-12(16-14)8-3-4-8/h7-8H,2-6H2,1H3,(H,15,16,17). The summed E-state index contributed by atoms with van der Waals surface area (Å²) in [4.78, 5) is 10.9. The zero-order valence-corrected chi connectivity index (χ0v) is 12.1. The van der Waals surface area contributed by atoms with Gasteiger partial charge in [-0.2, -0.15) is 0 Å². The van der Waals surface area contributed by atoms with Crippen LogP contribution in [0.3, 0.4) is 0 Å². The van der Waals surface area contributed by atoms with Crippen LogP contribution in [-0.4, -0.2) is 9.97 Å². The molecule has 1 unspecified atom stereocenters. The van der Waals surface area contributed by atoms with Crippen LogP contribution >= 0.6 is 23.6 Å². The summed E-state index contributed by atoms with van der Waals surface area (Å²) in [6, 6.07) is 0. The van der Waals surface area contributed by atoms with Crippen molar-refractivity contribution in [3.05, 3.63) is 20.9 Å². The molecular formula is C14H16N2S2. The number of rotatable bonds is 1. The number of aromatic nitrogens is 2. The van der Waals surface area contributed by atoms with Gasteiger partial charge >= 0.3 is 0 Å². The van der Waals surface area contributed by atoms with Crippen LogP contribution in [0.4, 0.5) is 0 Å². The lowest BCUT2D eigenvalue weighted by atomic mass is 9.89. The fourth-order valence-corrected chi connectivity index (χ4v) is 4.70. The highest BCUT2D eigenvalue weighted by molar-refractivity contribution is 7.71. The molecule has 2 aromatic rings. The molecule has 2 heterocycles. The molecule has 4 rings (SSSR count). The highest BCUT2D eigenvalue weighted by Gasteiger charge is 2.28. The summed E-state index contributed by atoms with van der Waals surface area (Å²) >= 11 is 7.45. The van der Waals surface area contributed by atoms with Crippen molar-refractivity contribution in [2.75, 3.05) is 0 Å². The van der Waals surface area contributed by atoms with E-state index >= 15 is 0 Å². The first kappa shape index (κ1) is 11.1. The van der Waals surface area contributed by atoms with E-state index in [1.165, 1.54) is 52.8 Å². The highest BCUT2D eigenvalue weighted by Crippen LogP contribution is 2.41. The SMILES string of the molecule is CC1CCc2c(sc3nc(C4CC4)[nH]c(=S)c23)C1. The van der Waals surface area contributed by atoms with E-state index in [0.29, 0.717) is 5.92 Å². The first-order chi connectivity index (χ1) is 8.72. The van der Waals surface area contributed by atoms with E-state index in [2.05, 4.69) is 11.9 Å². The number of H-pyrrole nitrogens is 1. The van der Waals surface area contributed by atoms with Gasteiger partial charge in [0.05, 0.1) is 0 Å². The summed E-state index contributed by atoms with van der Waals surface area (Å²) in [5.74, 6) is 2.58. The molecule has 2 aromatic heterocycles. The molecule has 0 saturated heterocycles. The van der Waals surface area contributed by atoms with Crippen LogP contribution < -0.4 is 0 Å². The van der Waals surface area contributed by atoms with Gasteiger partial charge in [-0.25, -0.2) is 4.98 Å². The second-order valence-corrected chi connectivity index (χ2v) is 7.25. The number of nitrogens with zero attached hydrogens (tertiary/aromatic N) is 1. The van der Waals surface area contributed by atoms with Gasteiger partial charge in [0.1, 0.15) is 15.3 Å². The largest absolute Gasteiger partial charge is 0.334 e. The van der Waals surface area contributed by atoms with Crippen molar-refractivity contribution in [3.8, 4) is 0 Å². The van der Waals surface area contributed by atoms with Gasteiger partial charge in [-0.15, -0.1) is 11.3 Å². The molecule has 94 valence electrons. The Bertz CT molecular complexity index is 679. The monoisotopic (exact) mass is 276 g/mol. The predicted molar refractivity (Wildman–Crippen MR) is 78.0 cm³/mol. The molecule has 1 atom stereocenters. The van der Waals surface area contributed by atoms with E-state index in [4.69, 9.17) is 17.2 Å². The van der Waals surface area contributed by atoms with Crippen LogP contribution in [0, 0.1) is 10.6 Å². The zero-order valence-electron chi connectivity index (χ0n) is 10.5. The number of fused-ring (bicyclic) bond motifs is 3. The Morgan fingerprint density at radius 2 is 2.17 bits per heavy atom. The van der Waals surface area contributed by atoms with Crippen molar-refractivity contribution < 1.29 is 0 Å². The molecule has 0 spiro atoms. The maximum absolute atomic E-state index is 5.57. The van der Waals surface area contributed by atoms with Crippen LogP contribution in [0.5, 0.6) is 0 Å². The van der Waals surface area contributed by atoms with Gasteiger partial charge in [-0.1, -0.05) is 19.1 Å². The van der Waals surface area contributed by atoms with E-state index in [0.717, 1.165) is 16.4 Å². The molecule has 4 heteroatoms. The third-order valence-corrected chi connectivity index (χ3v) is 5.60. The van der Waals surface area contributed by atoms with Crippen molar-refractivity contribution in [3.63, 3.8) is 0 Å². The molecule has 2 aliphatic carbocycles. The van der Waals surface area contributed by atoms with Crippen molar-refractivity contribution in [2.24, 2.45) is 5.92 Å². The Morgan fingerprint density at radius 3 is 2.94 bits per heavy atom. The summed E-state index contributed by atoms with van der Waals surface area (Å²) in [6.07, 6.45) is 6.22. The topological polar surface area (TPSA) is 28.7 Å². The number of nitrogens with one attached hydrogen (secondary N) is 1. The summed E-state index contributed by atoms with van der Waals surface area (Å²) in [5.41, 5.74) is 1.49. The molecule has 2 aliphatic rings. The normalized spacial score (nSPS) is 23.3. The number of thiophene rings is 1. The molecule has 0 bridgehead atoms. The van der Waals surface area contributed by atoms with Gasteiger partial charge in [0, 0.05) is 16.2 Å². The number of aromatic amines is 1. The Kier molecular flexibility index (Phi) is 2.39. The number of aryl methyl sites for hydroxylation is 1. The van der Waals surface area contributed by atoms with Gasteiger partial charge < -0.3 is 4.98 Å². The maximum Gasteiger partial charge on any atom is 0.128 e. The molecular weight excluding hydrogens is 260 g/mol. The molecule has 1 saturated carbocycles. The maximum atomic E-state index is 5.57. The van der Waals surface area contributed by atoms with E-state index in [-0.39, 0.29) is 0 Å². The Balaban J connectivity index is 1.95. The fraction of sp³-hybridized carbons (Fsp3) is 0.571. The van der Waals surface area contributed by atoms with Crippen molar-refractivity contribution in [1.29, 1.82) is 0 Å². The zero-order chi connectivity index (χ0) is 12.3. The molecule has 18 heavy (non-hydrogen) atoms. The number of hydrogen-bond donors (Lipinski definition) is 1. The van der Waals surface area contributed by atoms with Crippen LogP contribution in [-0.2, 0) is 12.8 Å². The predicted octanol–water partition coefficient (Wildman–Crippen LogP) is 4.36. The average molecular weight is 276 g/mol. The van der Waals surface area contributed by atoms with E-state index in [1.54, 1.807) is 0 Å². The first-order valence-corrected chi connectivity index (χ1v) is 7.99. The molecule has 1 fully saturated rings. The van der Waals surface area contributed by atoms with Gasteiger partial charge in [0.15, 0.2) is 0 Å². The summed E-state index contributed by atoms with van der Waals surface area (Å²) in [5, 5.41) is 1.25. The quantitative estimate of drug-likeness (QED) is 0.784. The molecule has 0 aromatic carbocycles. The lowest BCUT2D eigenvalue weighted by molar-refractivity contribution is 0.509. The summed E-state index contributed by atoms with van der Waals surface area (Å²) < 4.78 is 0.925. The van der Waals surface area contributed by atoms with Crippen LogP contribution in [0.25, 0.3) is 10.2 Å². The smallest absolute Gasteiger partial charge is 0.128 e. The second-order valence-electron chi connectivity index (χ2n) is 5.76. The summed E-state index contributed by atoms with van der Waals surface area (Å²) in [7, 11) is 0. The molecule has 0 radical (unpaired) electrons. The van der Waals surface area contributed by atoms with Gasteiger partial charge in [-0.3, -0.25) is 0 Å². The number of hydrogen-bond acceptors (Lipinski definition) is 3. The molecule has 2 nitrogen and oxygen atoms in total. The molecule has 1 N–H and O–H groups in total. The third kappa shape index (κ3) is 1.66. The second kappa shape index (κ2) is 3.87. The Labute approximate surface area is 115 Å². The van der Waals surface area contributed by atoms with Crippen LogP contribution in [0.2, 0.25) is 0 Å². The van der Waals surface area contributed by atoms with Crippen molar-refractivity contribution in [1.82, 2.24) is 9.97 Å². The lowest BCUT2D eigenvalue weighted by Crippen LogP contribution is -2.08. The third-order valence-electron chi connectivity index (χ3n) is 4.15. The van der Waals surface area contributed by atoms with Gasteiger partial charge in [-0.05, 0) is 43.6 Å². The van der Waals surface area contributed by atoms with E-state index < -0.39 is 0 Å². The molecule has 0 amide bonds. The summed E-state index contributed by atoms with van der Waals surface area (Å²) in [6.45, 7) is 2.34.